The monoisotopic (exact) mass is 281 g/mol. The van der Waals surface area contributed by atoms with Crippen LogP contribution in [0.3, 0.4) is 0 Å². The zero-order chi connectivity index (χ0) is 14.0. The molecular weight excluding hydrogens is 265 g/mol. The molecule has 2 N–H and O–H groups in total. The molecular formula is C13H16FN3OS. The lowest BCUT2D eigenvalue weighted by molar-refractivity contribution is -0.127. The lowest BCUT2D eigenvalue weighted by Crippen LogP contribution is -2.35. The molecule has 19 heavy (non-hydrogen) atoms. The van der Waals surface area contributed by atoms with Gasteiger partial charge >= 0.3 is 0 Å². The minimum Gasteiger partial charge on any atom is -0.389 e. The Balaban J connectivity index is 2.38. The summed E-state index contributed by atoms with van der Waals surface area (Å²) in [7, 11) is 1.77. The Hall–Kier alpha value is -1.69. The molecule has 102 valence electrons. The molecule has 0 aliphatic carbocycles. The molecule has 0 spiro atoms. The molecule has 1 aliphatic rings. The Morgan fingerprint density at radius 2 is 2.16 bits per heavy atom. The van der Waals surface area contributed by atoms with Gasteiger partial charge in [0.15, 0.2) is 0 Å². The van der Waals surface area contributed by atoms with Crippen LogP contribution in [0.25, 0.3) is 0 Å². The van der Waals surface area contributed by atoms with Gasteiger partial charge in [-0.1, -0.05) is 18.3 Å². The maximum Gasteiger partial charge on any atom is 0.241 e. The number of carbonyl (C=O) groups is 1. The minimum absolute atomic E-state index is 0.00986. The van der Waals surface area contributed by atoms with Crippen LogP contribution in [-0.2, 0) is 4.79 Å². The number of rotatable bonds is 2. The molecule has 1 aromatic carbocycles. The lowest BCUT2D eigenvalue weighted by atomic mass is 10.1. The van der Waals surface area contributed by atoms with Gasteiger partial charge in [0.2, 0.25) is 5.91 Å². The summed E-state index contributed by atoms with van der Waals surface area (Å²) >= 11 is 4.91. The van der Waals surface area contributed by atoms with Gasteiger partial charge in [-0.3, -0.25) is 4.79 Å². The number of carbonyl (C=O) groups excluding carboxylic acids is 1. The summed E-state index contributed by atoms with van der Waals surface area (Å²) in [4.78, 5) is 15.4. The van der Waals surface area contributed by atoms with E-state index in [-0.39, 0.29) is 23.0 Å². The van der Waals surface area contributed by atoms with Crippen LogP contribution in [0.15, 0.2) is 18.2 Å². The fourth-order valence-electron chi connectivity index (χ4n) is 2.21. The Bertz CT molecular complexity index is 521. The number of amides is 1. The number of halogens is 1. The number of nitrogens with two attached hydrogens (primary N) is 1. The highest BCUT2D eigenvalue weighted by molar-refractivity contribution is 7.80. The number of hydrogen-bond donors (Lipinski definition) is 1. The summed E-state index contributed by atoms with van der Waals surface area (Å²) in [5, 5.41) is 0. The van der Waals surface area contributed by atoms with Crippen molar-refractivity contribution in [1.29, 1.82) is 0 Å². The molecule has 6 heteroatoms. The van der Waals surface area contributed by atoms with Crippen molar-refractivity contribution < 1.29 is 9.18 Å². The van der Waals surface area contributed by atoms with Gasteiger partial charge in [0.25, 0.3) is 0 Å². The summed E-state index contributed by atoms with van der Waals surface area (Å²) in [5.41, 5.74) is 6.40. The van der Waals surface area contributed by atoms with E-state index in [1.54, 1.807) is 24.1 Å². The van der Waals surface area contributed by atoms with Crippen LogP contribution in [0, 0.1) is 5.82 Å². The highest BCUT2D eigenvalue weighted by atomic mass is 32.1. The van der Waals surface area contributed by atoms with Gasteiger partial charge in [-0.2, -0.15) is 0 Å². The molecule has 4 nitrogen and oxygen atoms in total. The SMILES string of the molecule is CN1CCCN(c2cccc(F)c2C(N)=S)CC1=O. The fourth-order valence-corrected chi connectivity index (χ4v) is 2.41. The second-order valence-corrected chi connectivity index (χ2v) is 5.03. The van der Waals surface area contributed by atoms with Gasteiger partial charge in [-0.05, 0) is 18.6 Å². The first kappa shape index (κ1) is 13.7. The van der Waals surface area contributed by atoms with Crippen molar-refractivity contribution in [3.63, 3.8) is 0 Å². The highest BCUT2D eigenvalue weighted by Crippen LogP contribution is 2.24. The van der Waals surface area contributed by atoms with E-state index in [4.69, 9.17) is 18.0 Å². The third kappa shape index (κ3) is 2.84. The standard InChI is InChI=1S/C13H16FN3OS/c1-16-6-3-7-17(8-11(16)18)10-5-2-4-9(14)12(10)13(15)19/h2,4-5H,3,6-8H2,1H3,(H2,15,19). The van der Waals surface area contributed by atoms with E-state index in [2.05, 4.69) is 0 Å². The third-order valence-corrected chi connectivity index (χ3v) is 3.46. The van der Waals surface area contributed by atoms with E-state index in [0.29, 0.717) is 18.8 Å². The maximum absolute atomic E-state index is 13.8. The van der Waals surface area contributed by atoms with Crippen LogP contribution in [0.1, 0.15) is 12.0 Å². The van der Waals surface area contributed by atoms with Crippen LogP contribution in [-0.4, -0.2) is 42.5 Å². The second-order valence-electron chi connectivity index (χ2n) is 4.59. The van der Waals surface area contributed by atoms with Crippen LogP contribution >= 0.6 is 12.2 Å². The third-order valence-electron chi connectivity index (χ3n) is 3.25. The summed E-state index contributed by atoms with van der Waals surface area (Å²) in [6, 6.07) is 4.67. The summed E-state index contributed by atoms with van der Waals surface area (Å²) < 4.78 is 13.8. The normalized spacial score (nSPS) is 16.4. The van der Waals surface area contributed by atoms with Crippen molar-refractivity contribution in [2.75, 3.05) is 31.6 Å². The zero-order valence-electron chi connectivity index (χ0n) is 10.7. The van der Waals surface area contributed by atoms with Gasteiger partial charge in [0, 0.05) is 20.1 Å². The molecule has 1 heterocycles. The van der Waals surface area contributed by atoms with Crippen molar-refractivity contribution in [3.05, 3.63) is 29.6 Å². The Labute approximate surface area is 117 Å². The van der Waals surface area contributed by atoms with E-state index in [1.165, 1.54) is 6.07 Å². The van der Waals surface area contributed by atoms with Crippen molar-refractivity contribution >= 4 is 28.8 Å². The van der Waals surface area contributed by atoms with Crippen molar-refractivity contribution in [1.82, 2.24) is 4.90 Å². The predicted octanol–water partition coefficient (Wildman–Crippen LogP) is 1.13. The largest absolute Gasteiger partial charge is 0.389 e. The van der Waals surface area contributed by atoms with Crippen molar-refractivity contribution in [2.45, 2.75) is 6.42 Å². The first-order chi connectivity index (χ1) is 9.00. The summed E-state index contributed by atoms with van der Waals surface area (Å²) in [5.74, 6) is -0.439. The molecule has 0 atom stereocenters. The second kappa shape index (κ2) is 5.52. The minimum atomic E-state index is -0.449. The molecule has 1 amide bonds. The number of nitrogens with zero attached hydrogens (tertiary/aromatic N) is 2. The van der Waals surface area contributed by atoms with Gasteiger partial charge in [0.05, 0.1) is 17.8 Å². The molecule has 0 bridgehead atoms. The Morgan fingerprint density at radius 1 is 1.42 bits per heavy atom. The molecule has 1 aliphatic heterocycles. The predicted molar refractivity (Wildman–Crippen MR) is 76.8 cm³/mol. The number of thiocarbonyl (C=S) groups is 1. The van der Waals surface area contributed by atoms with Crippen LogP contribution in [0.4, 0.5) is 10.1 Å². The van der Waals surface area contributed by atoms with E-state index in [1.807, 2.05) is 4.90 Å². The lowest BCUT2D eigenvalue weighted by Gasteiger charge is -2.24. The van der Waals surface area contributed by atoms with E-state index in [9.17, 15) is 9.18 Å². The molecule has 1 saturated heterocycles. The topological polar surface area (TPSA) is 49.6 Å². The zero-order valence-corrected chi connectivity index (χ0v) is 11.5. The molecule has 0 saturated carbocycles. The maximum atomic E-state index is 13.8. The Morgan fingerprint density at radius 3 is 2.84 bits per heavy atom. The van der Waals surface area contributed by atoms with Crippen LogP contribution in [0.5, 0.6) is 0 Å². The average Bonchev–Trinajstić information content (AvgIpc) is 2.51. The van der Waals surface area contributed by atoms with Gasteiger partial charge < -0.3 is 15.5 Å². The number of benzene rings is 1. The van der Waals surface area contributed by atoms with E-state index in [0.717, 1.165) is 6.42 Å². The molecule has 2 rings (SSSR count). The van der Waals surface area contributed by atoms with Crippen LogP contribution in [0.2, 0.25) is 0 Å². The first-order valence-electron chi connectivity index (χ1n) is 6.08. The highest BCUT2D eigenvalue weighted by Gasteiger charge is 2.22. The fraction of sp³-hybridized carbons (Fsp3) is 0.385. The quantitative estimate of drug-likeness (QED) is 0.826. The van der Waals surface area contributed by atoms with Gasteiger partial charge in [-0.15, -0.1) is 0 Å². The number of likely N-dealkylation sites (N-methyl/N-ethyl adjacent to an activating group) is 1. The van der Waals surface area contributed by atoms with Crippen LogP contribution < -0.4 is 10.6 Å². The van der Waals surface area contributed by atoms with E-state index >= 15 is 0 Å². The molecule has 0 radical (unpaired) electrons. The van der Waals surface area contributed by atoms with E-state index < -0.39 is 5.82 Å². The average molecular weight is 281 g/mol. The molecule has 0 unspecified atom stereocenters. The van der Waals surface area contributed by atoms with Gasteiger partial charge in [0.1, 0.15) is 10.8 Å². The molecule has 1 aromatic rings. The first-order valence-corrected chi connectivity index (χ1v) is 6.48. The Kier molecular flexibility index (Phi) is 3.99. The number of anilines is 1. The number of hydrogen-bond acceptors (Lipinski definition) is 3. The van der Waals surface area contributed by atoms with Crippen molar-refractivity contribution in [3.8, 4) is 0 Å². The summed E-state index contributed by atoms with van der Waals surface area (Å²) in [6.07, 6.45) is 0.829. The van der Waals surface area contributed by atoms with Gasteiger partial charge in [-0.25, -0.2) is 4.39 Å². The summed E-state index contributed by atoms with van der Waals surface area (Å²) in [6.45, 7) is 1.60. The molecule has 0 aromatic heterocycles. The van der Waals surface area contributed by atoms with Crippen molar-refractivity contribution in [2.24, 2.45) is 5.73 Å². The molecule has 1 fully saturated rings. The smallest absolute Gasteiger partial charge is 0.241 e.